The highest BCUT2D eigenvalue weighted by Crippen LogP contribution is 2.21. The zero-order chi connectivity index (χ0) is 15.5. The molecule has 1 atom stereocenters. The van der Waals surface area contributed by atoms with Gasteiger partial charge in [0.05, 0.1) is 7.11 Å². The first-order valence-electron chi connectivity index (χ1n) is 7.23. The fraction of sp³-hybridized carbons (Fsp3) is 0.588. The van der Waals surface area contributed by atoms with Crippen LogP contribution in [0.4, 0.5) is 0 Å². The molecule has 0 rings (SSSR count). The number of unbranched alkanes of at least 4 members (excludes halogenated alkanes) is 1. The van der Waals surface area contributed by atoms with Gasteiger partial charge in [0.2, 0.25) is 0 Å². The second-order valence-electron chi connectivity index (χ2n) is 5.24. The summed E-state index contributed by atoms with van der Waals surface area (Å²) < 4.78 is 0. The molecule has 0 saturated carbocycles. The summed E-state index contributed by atoms with van der Waals surface area (Å²) in [5, 5.41) is 1.28. The van der Waals surface area contributed by atoms with Gasteiger partial charge in [0.25, 0.3) is 5.91 Å². The molecule has 0 spiro atoms. The van der Waals surface area contributed by atoms with Crippen LogP contribution in [0, 0.1) is 5.92 Å². The number of carbonyl (C=O) groups is 1. The highest BCUT2D eigenvalue weighted by atomic mass is 16.7. The zero-order valence-corrected chi connectivity index (χ0v) is 13.6. The molecule has 0 aliphatic rings. The summed E-state index contributed by atoms with van der Waals surface area (Å²) in [6.07, 6.45) is 10.0. The van der Waals surface area contributed by atoms with E-state index in [1.807, 2.05) is 25.2 Å². The van der Waals surface area contributed by atoms with Crippen molar-refractivity contribution in [1.82, 2.24) is 5.06 Å². The summed E-state index contributed by atoms with van der Waals surface area (Å²) in [5.41, 5.74) is 2.01. The molecule has 0 radical (unpaired) electrons. The molecule has 0 aliphatic carbocycles. The van der Waals surface area contributed by atoms with E-state index in [2.05, 4.69) is 20.4 Å². The molecular weight excluding hydrogens is 250 g/mol. The highest BCUT2D eigenvalue weighted by Gasteiger charge is 2.19. The summed E-state index contributed by atoms with van der Waals surface area (Å²) in [6, 6.07) is 0. The van der Waals surface area contributed by atoms with Gasteiger partial charge in [-0.05, 0) is 39.0 Å². The van der Waals surface area contributed by atoms with Crippen LogP contribution < -0.4 is 0 Å². The Morgan fingerprint density at radius 1 is 1.40 bits per heavy atom. The Kier molecular flexibility index (Phi) is 9.73. The Hall–Kier alpha value is -1.35. The van der Waals surface area contributed by atoms with Crippen molar-refractivity contribution in [3.05, 3.63) is 36.0 Å². The predicted octanol–water partition coefficient (Wildman–Crippen LogP) is 4.28. The van der Waals surface area contributed by atoms with E-state index in [9.17, 15) is 4.79 Å². The number of allylic oxidation sites excluding steroid dienone is 4. The van der Waals surface area contributed by atoms with Crippen molar-refractivity contribution in [2.75, 3.05) is 14.2 Å². The second kappa shape index (κ2) is 10.4. The average molecular weight is 279 g/mol. The van der Waals surface area contributed by atoms with Gasteiger partial charge in [-0.3, -0.25) is 9.63 Å². The number of hydroxylamine groups is 2. The summed E-state index contributed by atoms with van der Waals surface area (Å²) >= 11 is 0. The molecule has 0 heterocycles. The summed E-state index contributed by atoms with van der Waals surface area (Å²) in [4.78, 5) is 17.2. The molecule has 3 heteroatoms. The lowest BCUT2D eigenvalue weighted by atomic mass is 9.93. The van der Waals surface area contributed by atoms with Crippen LogP contribution in [-0.2, 0) is 9.63 Å². The molecule has 114 valence electrons. The van der Waals surface area contributed by atoms with E-state index in [1.165, 1.54) is 17.7 Å². The first-order valence-corrected chi connectivity index (χ1v) is 7.23. The van der Waals surface area contributed by atoms with Crippen LogP contribution in [0.5, 0.6) is 0 Å². The molecule has 0 N–H and O–H groups in total. The van der Waals surface area contributed by atoms with Crippen LogP contribution >= 0.6 is 0 Å². The number of carbonyl (C=O) groups excluding carboxylic acids is 1. The molecule has 1 unspecified atom stereocenters. The third-order valence-corrected chi connectivity index (χ3v) is 3.30. The van der Waals surface area contributed by atoms with Gasteiger partial charge in [0.1, 0.15) is 0 Å². The number of likely N-dealkylation sites (N-methyl/N-ethyl adjacent to an activating group) is 1. The molecule has 0 aromatic heterocycles. The van der Waals surface area contributed by atoms with Crippen molar-refractivity contribution < 1.29 is 9.63 Å². The molecule has 0 aliphatic heterocycles. The van der Waals surface area contributed by atoms with Crippen molar-refractivity contribution >= 4 is 5.91 Å². The highest BCUT2D eigenvalue weighted by molar-refractivity contribution is 5.93. The normalized spacial score (nSPS) is 13.6. The lowest BCUT2D eigenvalue weighted by Crippen LogP contribution is -2.29. The molecule has 0 saturated heterocycles. The molecule has 3 nitrogen and oxygen atoms in total. The van der Waals surface area contributed by atoms with Gasteiger partial charge < -0.3 is 0 Å². The van der Waals surface area contributed by atoms with Gasteiger partial charge in [0, 0.05) is 12.6 Å². The van der Waals surface area contributed by atoms with Crippen LogP contribution in [0.1, 0.15) is 46.5 Å². The fourth-order valence-corrected chi connectivity index (χ4v) is 1.94. The quantitative estimate of drug-likeness (QED) is 0.207. The third-order valence-electron chi connectivity index (χ3n) is 3.30. The largest absolute Gasteiger partial charge is 0.274 e. The van der Waals surface area contributed by atoms with Crippen LogP contribution in [0.15, 0.2) is 36.0 Å². The fourth-order valence-electron chi connectivity index (χ4n) is 1.94. The standard InChI is InChI=1S/C17H29NO2/c1-7-8-13-16(17(19)18(5)20-6)15(4)12-10-9-11-14(2)3/h7-8,13,15H,2,9-12H2,1,3-6H3/b8-7-,16-13+. The Morgan fingerprint density at radius 2 is 2.05 bits per heavy atom. The molecule has 0 fully saturated rings. The Balaban J connectivity index is 4.62. The first-order chi connectivity index (χ1) is 9.43. The minimum atomic E-state index is -0.0713. The van der Waals surface area contributed by atoms with Gasteiger partial charge in [-0.1, -0.05) is 37.1 Å². The summed E-state index contributed by atoms with van der Waals surface area (Å²) in [5.74, 6) is 0.152. The predicted molar refractivity (Wildman–Crippen MR) is 85.1 cm³/mol. The average Bonchev–Trinajstić information content (AvgIpc) is 2.42. The number of amides is 1. The minimum Gasteiger partial charge on any atom is -0.274 e. The number of hydrogen-bond acceptors (Lipinski definition) is 2. The Morgan fingerprint density at radius 3 is 2.55 bits per heavy atom. The maximum atomic E-state index is 12.2. The van der Waals surface area contributed by atoms with Crippen molar-refractivity contribution in [2.45, 2.75) is 46.5 Å². The van der Waals surface area contributed by atoms with E-state index in [4.69, 9.17) is 4.84 Å². The van der Waals surface area contributed by atoms with Crippen LogP contribution in [0.3, 0.4) is 0 Å². The second-order valence-corrected chi connectivity index (χ2v) is 5.24. The van der Waals surface area contributed by atoms with E-state index in [0.29, 0.717) is 0 Å². The zero-order valence-electron chi connectivity index (χ0n) is 13.6. The maximum Gasteiger partial charge on any atom is 0.273 e. The van der Waals surface area contributed by atoms with Crippen LogP contribution in [0.25, 0.3) is 0 Å². The SMILES string of the molecule is C=C(C)CCCCC(C)/C(=C\C=C/C)C(=O)N(C)OC. The number of hydrogen-bond donors (Lipinski definition) is 0. The van der Waals surface area contributed by atoms with Crippen molar-refractivity contribution in [2.24, 2.45) is 5.92 Å². The Bertz CT molecular complexity index is 369. The van der Waals surface area contributed by atoms with E-state index in [-0.39, 0.29) is 11.8 Å². The number of nitrogens with zero attached hydrogens (tertiary/aromatic N) is 1. The summed E-state index contributed by atoms with van der Waals surface area (Å²) in [6.45, 7) is 10.0. The van der Waals surface area contributed by atoms with Gasteiger partial charge >= 0.3 is 0 Å². The lowest BCUT2D eigenvalue weighted by Gasteiger charge is -2.20. The topological polar surface area (TPSA) is 29.5 Å². The Labute approximate surface area is 123 Å². The van der Waals surface area contributed by atoms with Crippen molar-refractivity contribution in [3.8, 4) is 0 Å². The van der Waals surface area contributed by atoms with Crippen molar-refractivity contribution in [1.29, 1.82) is 0 Å². The first kappa shape index (κ1) is 18.7. The smallest absolute Gasteiger partial charge is 0.273 e. The van der Waals surface area contributed by atoms with Crippen molar-refractivity contribution in [3.63, 3.8) is 0 Å². The van der Waals surface area contributed by atoms with Gasteiger partial charge in [-0.15, -0.1) is 6.58 Å². The minimum absolute atomic E-state index is 0.0713. The van der Waals surface area contributed by atoms with Gasteiger partial charge in [0.15, 0.2) is 0 Å². The van der Waals surface area contributed by atoms with Crippen LogP contribution in [-0.4, -0.2) is 25.1 Å². The molecule has 0 bridgehead atoms. The van der Waals surface area contributed by atoms with E-state index in [0.717, 1.165) is 31.3 Å². The molecule has 0 aromatic rings. The van der Waals surface area contributed by atoms with E-state index >= 15 is 0 Å². The summed E-state index contributed by atoms with van der Waals surface area (Å²) in [7, 11) is 3.14. The molecule has 1 amide bonds. The molecule has 0 aromatic carbocycles. The molecule has 20 heavy (non-hydrogen) atoms. The monoisotopic (exact) mass is 279 g/mol. The van der Waals surface area contributed by atoms with Gasteiger partial charge in [-0.2, -0.15) is 0 Å². The number of rotatable bonds is 9. The van der Waals surface area contributed by atoms with E-state index in [1.54, 1.807) is 7.05 Å². The van der Waals surface area contributed by atoms with Gasteiger partial charge in [-0.25, -0.2) is 5.06 Å². The van der Waals surface area contributed by atoms with Crippen LogP contribution in [0.2, 0.25) is 0 Å². The van der Waals surface area contributed by atoms with E-state index < -0.39 is 0 Å². The molecular formula is C17H29NO2. The maximum absolute atomic E-state index is 12.2. The third kappa shape index (κ3) is 7.29. The lowest BCUT2D eigenvalue weighted by molar-refractivity contribution is -0.164.